The van der Waals surface area contributed by atoms with Crippen molar-refractivity contribution >= 4 is 12.0 Å². The van der Waals surface area contributed by atoms with Gasteiger partial charge in [0.1, 0.15) is 18.1 Å². The number of hydrogen-bond donors (Lipinski definition) is 1. The van der Waals surface area contributed by atoms with Gasteiger partial charge in [0.25, 0.3) is 0 Å². The molecule has 158 valence electrons. The number of hydrogen-bond acceptors (Lipinski definition) is 5. The molecule has 2 aliphatic heterocycles. The van der Waals surface area contributed by atoms with Crippen LogP contribution in [0.3, 0.4) is 0 Å². The third-order valence-corrected chi connectivity index (χ3v) is 5.89. The summed E-state index contributed by atoms with van der Waals surface area (Å²) in [5, 5.41) is 3.12. The van der Waals surface area contributed by atoms with Gasteiger partial charge in [-0.15, -0.1) is 0 Å². The lowest BCUT2D eigenvalue weighted by Crippen LogP contribution is -2.41. The second kappa shape index (κ2) is 9.30. The number of benzene rings is 1. The highest BCUT2D eigenvalue weighted by molar-refractivity contribution is 5.73. The van der Waals surface area contributed by atoms with Crippen molar-refractivity contribution in [3.8, 4) is 11.5 Å². The number of pyridine rings is 1. The summed E-state index contributed by atoms with van der Waals surface area (Å²) in [7, 11) is 1.68. The fourth-order valence-electron chi connectivity index (χ4n) is 4.36. The molecule has 0 radical (unpaired) electrons. The zero-order valence-corrected chi connectivity index (χ0v) is 17.6. The third kappa shape index (κ3) is 4.82. The van der Waals surface area contributed by atoms with Crippen molar-refractivity contribution in [3.05, 3.63) is 59.4 Å². The van der Waals surface area contributed by atoms with E-state index < -0.39 is 0 Å². The van der Waals surface area contributed by atoms with Gasteiger partial charge in [-0.3, -0.25) is 14.7 Å². The minimum Gasteiger partial charge on any atom is -0.497 e. The molecule has 1 aromatic heterocycles. The number of likely N-dealkylation sites (tertiary alicyclic amines) is 1. The SMILES string of the molecule is COc1ccc2c(c1)C=C(CN1CCC([C@H](NC(C)=O)c3ccccn3)CC1)CO2. The number of aromatic nitrogens is 1. The molecule has 1 saturated heterocycles. The smallest absolute Gasteiger partial charge is 0.217 e. The van der Waals surface area contributed by atoms with E-state index in [-0.39, 0.29) is 11.9 Å². The average molecular weight is 408 g/mol. The first-order chi connectivity index (χ1) is 14.6. The van der Waals surface area contributed by atoms with E-state index in [1.165, 1.54) is 5.57 Å². The minimum absolute atomic E-state index is 0.00770. The van der Waals surface area contributed by atoms with E-state index in [2.05, 4.69) is 21.3 Å². The number of carbonyl (C=O) groups excluding carboxylic acids is 1. The Morgan fingerprint density at radius 1 is 1.30 bits per heavy atom. The maximum atomic E-state index is 11.8. The van der Waals surface area contributed by atoms with Crippen molar-refractivity contribution in [2.75, 3.05) is 33.4 Å². The van der Waals surface area contributed by atoms with Gasteiger partial charge in [-0.2, -0.15) is 0 Å². The van der Waals surface area contributed by atoms with Crippen LogP contribution in [0.5, 0.6) is 11.5 Å². The predicted octanol–water partition coefficient (Wildman–Crippen LogP) is 3.46. The van der Waals surface area contributed by atoms with Gasteiger partial charge < -0.3 is 14.8 Å². The topological polar surface area (TPSA) is 63.7 Å². The second-order valence-electron chi connectivity index (χ2n) is 8.04. The number of rotatable bonds is 6. The number of carbonyl (C=O) groups is 1. The summed E-state index contributed by atoms with van der Waals surface area (Å²) in [6, 6.07) is 11.8. The monoisotopic (exact) mass is 407 g/mol. The number of nitrogens with zero attached hydrogens (tertiary/aromatic N) is 2. The zero-order valence-electron chi connectivity index (χ0n) is 17.6. The van der Waals surface area contributed by atoms with Crippen LogP contribution < -0.4 is 14.8 Å². The summed E-state index contributed by atoms with van der Waals surface area (Å²) in [5.74, 6) is 2.13. The molecule has 1 aromatic carbocycles. The molecule has 2 aliphatic rings. The van der Waals surface area contributed by atoms with E-state index in [0.29, 0.717) is 12.5 Å². The number of amides is 1. The van der Waals surface area contributed by atoms with E-state index in [1.54, 1.807) is 20.2 Å². The minimum atomic E-state index is -0.0255. The second-order valence-corrected chi connectivity index (χ2v) is 8.04. The number of fused-ring (bicyclic) bond motifs is 1. The van der Waals surface area contributed by atoms with Crippen LogP contribution in [0.1, 0.15) is 37.1 Å². The average Bonchev–Trinajstić information content (AvgIpc) is 2.78. The van der Waals surface area contributed by atoms with Crippen LogP contribution in [-0.4, -0.2) is 49.1 Å². The molecule has 4 rings (SSSR count). The van der Waals surface area contributed by atoms with Crippen LogP contribution in [0, 0.1) is 5.92 Å². The Labute approximate surface area is 177 Å². The quantitative estimate of drug-likeness (QED) is 0.795. The van der Waals surface area contributed by atoms with Crippen molar-refractivity contribution in [3.63, 3.8) is 0 Å². The third-order valence-electron chi connectivity index (χ3n) is 5.89. The highest BCUT2D eigenvalue weighted by Crippen LogP contribution is 2.32. The Hall–Kier alpha value is -2.86. The van der Waals surface area contributed by atoms with Gasteiger partial charge in [0, 0.05) is 25.2 Å². The largest absolute Gasteiger partial charge is 0.497 e. The molecule has 1 N–H and O–H groups in total. The zero-order chi connectivity index (χ0) is 20.9. The van der Waals surface area contributed by atoms with Crippen LogP contribution in [0.2, 0.25) is 0 Å². The summed E-state index contributed by atoms with van der Waals surface area (Å²) in [4.78, 5) is 18.7. The van der Waals surface area contributed by atoms with E-state index in [9.17, 15) is 4.79 Å². The summed E-state index contributed by atoms with van der Waals surface area (Å²) in [5.41, 5.74) is 3.30. The first-order valence-electron chi connectivity index (χ1n) is 10.5. The lowest BCUT2D eigenvalue weighted by atomic mass is 9.87. The molecule has 2 aromatic rings. The Morgan fingerprint density at radius 3 is 2.83 bits per heavy atom. The maximum absolute atomic E-state index is 11.8. The molecule has 0 bridgehead atoms. The molecule has 30 heavy (non-hydrogen) atoms. The Bertz CT molecular complexity index is 905. The van der Waals surface area contributed by atoms with Gasteiger partial charge in [-0.1, -0.05) is 6.07 Å². The van der Waals surface area contributed by atoms with Gasteiger partial charge >= 0.3 is 0 Å². The Morgan fingerprint density at radius 2 is 2.13 bits per heavy atom. The molecule has 6 heteroatoms. The number of methoxy groups -OCH3 is 1. The summed E-state index contributed by atoms with van der Waals surface area (Å²) in [6.07, 6.45) is 6.07. The van der Waals surface area contributed by atoms with Crippen LogP contribution in [0.4, 0.5) is 0 Å². The van der Waals surface area contributed by atoms with E-state index in [0.717, 1.165) is 55.2 Å². The summed E-state index contributed by atoms with van der Waals surface area (Å²) < 4.78 is 11.3. The van der Waals surface area contributed by atoms with Crippen LogP contribution >= 0.6 is 0 Å². The van der Waals surface area contributed by atoms with Gasteiger partial charge in [0.2, 0.25) is 5.91 Å². The highest BCUT2D eigenvalue weighted by Gasteiger charge is 2.29. The lowest BCUT2D eigenvalue weighted by molar-refractivity contribution is -0.120. The lowest BCUT2D eigenvalue weighted by Gasteiger charge is -2.36. The Balaban J connectivity index is 1.38. The number of piperidine rings is 1. The van der Waals surface area contributed by atoms with Crippen molar-refractivity contribution in [2.45, 2.75) is 25.8 Å². The normalized spacial score (nSPS) is 18.0. The van der Waals surface area contributed by atoms with Crippen LogP contribution in [0.15, 0.2) is 48.2 Å². The standard InChI is InChI=1S/C24H29N3O3/c1-17(28)26-24(22-5-3-4-10-25-22)19-8-11-27(12-9-19)15-18-13-20-14-21(29-2)6-7-23(20)30-16-18/h3-7,10,13-14,19,24H,8-9,11-12,15-16H2,1-2H3,(H,26,28)/t24-/m0/s1. The van der Waals surface area contributed by atoms with E-state index >= 15 is 0 Å². The molecule has 1 fully saturated rings. The first-order valence-corrected chi connectivity index (χ1v) is 10.5. The van der Waals surface area contributed by atoms with Crippen molar-refractivity contribution in [1.82, 2.24) is 15.2 Å². The number of nitrogens with one attached hydrogen (secondary N) is 1. The number of ether oxygens (including phenoxy) is 2. The molecule has 0 aliphatic carbocycles. The highest BCUT2D eigenvalue weighted by atomic mass is 16.5. The van der Waals surface area contributed by atoms with Crippen molar-refractivity contribution in [1.29, 1.82) is 0 Å². The van der Waals surface area contributed by atoms with Crippen molar-refractivity contribution < 1.29 is 14.3 Å². The summed E-state index contributed by atoms with van der Waals surface area (Å²) in [6.45, 7) is 5.10. The molecule has 3 heterocycles. The van der Waals surface area contributed by atoms with Gasteiger partial charge in [-0.05, 0) is 73.8 Å². The fourth-order valence-corrected chi connectivity index (χ4v) is 4.36. The first kappa shape index (κ1) is 20.4. The molecule has 0 saturated carbocycles. The Kier molecular flexibility index (Phi) is 6.33. The fraction of sp³-hybridized carbons (Fsp3) is 0.417. The molecular formula is C24H29N3O3. The van der Waals surface area contributed by atoms with Gasteiger partial charge in [-0.25, -0.2) is 0 Å². The molecule has 6 nitrogen and oxygen atoms in total. The van der Waals surface area contributed by atoms with Crippen LogP contribution in [0.25, 0.3) is 6.08 Å². The molecule has 0 spiro atoms. The van der Waals surface area contributed by atoms with Gasteiger partial charge in [0.15, 0.2) is 0 Å². The molecular weight excluding hydrogens is 378 g/mol. The van der Waals surface area contributed by atoms with Crippen molar-refractivity contribution in [2.24, 2.45) is 5.92 Å². The maximum Gasteiger partial charge on any atom is 0.217 e. The molecule has 1 amide bonds. The van der Waals surface area contributed by atoms with Gasteiger partial charge in [0.05, 0.1) is 18.8 Å². The molecule has 0 unspecified atom stereocenters. The predicted molar refractivity (Wildman–Crippen MR) is 116 cm³/mol. The molecule has 1 atom stereocenters. The van der Waals surface area contributed by atoms with E-state index in [4.69, 9.17) is 9.47 Å². The van der Waals surface area contributed by atoms with E-state index in [1.807, 2.05) is 36.4 Å². The summed E-state index contributed by atoms with van der Waals surface area (Å²) >= 11 is 0. The van der Waals surface area contributed by atoms with Crippen LogP contribution in [-0.2, 0) is 4.79 Å².